The summed E-state index contributed by atoms with van der Waals surface area (Å²) in [7, 11) is 4.13. The number of benzene rings is 1. The third-order valence-electron chi connectivity index (χ3n) is 3.78. The summed E-state index contributed by atoms with van der Waals surface area (Å²) in [5.74, 6) is -0.474. The highest BCUT2D eigenvalue weighted by atomic mass is 32.1. The Morgan fingerprint density at radius 2 is 1.96 bits per heavy atom. The molecule has 0 N–H and O–H groups in total. The maximum Gasteiger partial charge on any atom is 0.213 e. The molecule has 118 valence electrons. The fourth-order valence-electron chi connectivity index (χ4n) is 2.63. The van der Waals surface area contributed by atoms with Crippen LogP contribution in [0.25, 0.3) is 15.7 Å². The van der Waals surface area contributed by atoms with Crippen molar-refractivity contribution >= 4 is 27.0 Å². The topological polar surface area (TPSA) is 16.1 Å². The van der Waals surface area contributed by atoms with Crippen molar-refractivity contribution in [2.75, 3.05) is 20.6 Å². The molecule has 23 heavy (non-hydrogen) atoms. The molecule has 3 aromatic rings. The van der Waals surface area contributed by atoms with E-state index in [4.69, 9.17) is 0 Å². The summed E-state index contributed by atoms with van der Waals surface area (Å²) in [5, 5.41) is 1.17. The predicted octanol–water partition coefficient (Wildman–Crippen LogP) is 4.60. The number of rotatable bonds is 5. The maximum absolute atomic E-state index is 13.5. The van der Waals surface area contributed by atoms with Crippen molar-refractivity contribution in [3.63, 3.8) is 0 Å². The summed E-state index contributed by atoms with van der Waals surface area (Å²) in [6.07, 6.45) is 0.940. The van der Waals surface area contributed by atoms with Crippen LogP contribution in [0.5, 0.6) is 0 Å². The van der Waals surface area contributed by atoms with Crippen LogP contribution in [-0.4, -0.2) is 30.5 Å². The molecule has 1 aromatic carbocycles. The molecule has 0 bridgehead atoms. The van der Waals surface area contributed by atoms with Crippen molar-refractivity contribution in [1.82, 2.24) is 9.88 Å². The molecule has 2 nitrogen and oxygen atoms in total. The van der Waals surface area contributed by atoms with Gasteiger partial charge in [0.25, 0.3) is 0 Å². The standard InChI is InChI=1S/C19H19FN2S/c1-13(15-8-6-10-18(20)21-15)19-14-7-4-5-9-16(14)23-17(19)11-12-22(2)3/h4-10H,1,11-12H2,2-3H3. The maximum atomic E-state index is 13.5. The van der Waals surface area contributed by atoms with Crippen LogP contribution in [0, 0.1) is 5.95 Å². The van der Waals surface area contributed by atoms with E-state index in [9.17, 15) is 4.39 Å². The third kappa shape index (κ3) is 3.33. The van der Waals surface area contributed by atoms with Gasteiger partial charge in [-0.2, -0.15) is 4.39 Å². The smallest absolute Gasteiger partial charge is 0.213 e. The van der Waals surface area contributed by atoms with E-state index < -0.39 is 5.95 Å². The van der Waals surface area contributed by atoms with Gasteiger partial charge in [0.2, 0.25) is 5.95 Å². The number of pyridine rings is 1. The Balaban J connectivity index is 2.10. The highest BCUT2D eigenvalue weighted by molar-refractivity contribution is 7.19. The van der Waals surface area contributed by atoms with Crippen molar-refractivity contribution in [3.8, 4) is 0 Å². The average molecular weight is 326 g/mol. The molecule has 0 atom stereocenters. The lowest BCUT2D eigenvalue weighted by Gasteiger charge is -2.11. The first-order valence-corrected chi connectivity index (χ1v) is 8.35. The summed E-state index contributed by atoms with van der Waals surface area (Å²) >= 11 is 1.78. The number of likely N-dealkylation sites (N-methyl/N-ethyl adjacent to an activating group) is 1. The summed E-state index contributed by atoms with van der Waals surface area (Å²) in [4.78, 5) is 7.44. The molecule has 0 radical (unpaired) electrons. The van der Waals surface area contributed by atoms with Crippen molar-refractivity contribution in [1.29, 1.82) is 0 Å². The van der Waals surface area contributed by atoms with Crippen molar-refractivity contribution in [2.45, 2.75) is 6.42 Å². The Labute approximate surface area is 139 Å². The van der Waals surface area contributed by atoms with Gasteiger partial charge in [0.1, 0.15) is 0 Å². The largest absolute Gasteiger partial charge is 0.309 e. The van der Waals surface area contributed by atoms with Gasteiger partial charge in [0, 0.05) is 32.6 Å². The summed E-state index contributed by atoms with van der Waals surface area (Å²) in [6.45, 7) is 5.17. The van der Waals surface area contributed by atoms with E-state index in [-0.39, 0.29) is 0 Å². The fraction of sp³-hybridized carbons (Fsp3) is 0.211. The second-order valence-electron chi connectivity index (χ2n) is 5.77. The van der Waals surface area contributed by atoms with E-state index >= 15 is 0 Å². The van der Waals surface area contributed by atoms with Crippen LogP contribution in [0.2, 0.25) is 0 Å². The number of nitrogens with zero attached hydrogens (tertiary/aromatic N) is 2. The van der Waals surface area contributed by atoms with E-state index in [1.165, 1.54) is 21.0 Å². The Morgan fingerprint density at radius 1 is 1.17 bits per heavy atom. The Kier molecular flexibility index (Phi) is 4.55. The predicted molar refractivity (Wildman–Crippen MR) is 96.4 cm³/mol. The van der Waals surface area contributed by atoms with Crippen LogP contribution < -0.4 is 0 Å². The highest BCUT2D eigenvalue weighted by Crippen LogP contribution is 2.37. The molecule has 0 fully saturated rings. The zero-order valence-electron chi connectivity index (χ0n) is 13.3. The molecule has 0 amide bonds. The number of thiophene rings is 1. The lowest BCUT2D eigenvalue weighted by molar-refractivity contribution is 0.415. The van der Waals surface area contributed by atoms with Crippen molar-refractivity contribution in [2.24, 2.45) is 0 Å². The summed E-state index contributed by atoms with van der Waals surface area (Å²) in [6, 6.07) is 13.1. The van der Waals surface area contributed by atoms with Gasteiger partial charge in [-0.15, -0.1) is 11.3 Å². The highest BCUT2D eigenvalue weighted by Gasteiger charge is 2.17. The fourth-order valence-corrected chi connectivity index (χ4v) is 3.85. The van der Waals surface area contributed by atoms with Crippen molar-refractivity contribution < 1.29 is 4.39 Å². The van der Waals surface area contributed by atoms with Crippen LogP contribution in [0.15, 0.2) is 49.0 Å². The van der Waals surface area contributed by atoms with Gasteiger partial charge in [-0.1, -0.05) is 30.8 Å². The molecule has 2 aromatic heterocycles. The second-order valence-corrected chi connectivity index (χ2v) is 6.91. The monoisotopic (exact) mass is 326 g/mol. The van der Waals surface area contributed by atoms with Crippen LogP contribution in [0.1, 0.15) is 16.1 Å². The van der Waals surface area contributed by atoms with E-state index in [0.717, 1.165) is 24.1 Å². The lowest BCUT2D eigenvalue weighted by atomic mass is 9.99. The number of fused-ring (bicyclic) bond motifs is 1. The van der Waals surface area contributed by atoms with Gasteiger partial charge in [-0.25, -0.2) is 4.98 Å². The van der Waals surface area contributed by atoms with Crippen LogP contribution in [-0.2, 0) is 6.42 Å². The Hall–Kier alpha value is -2.04. The Morgan fingerprint density at radius 3 is 2.70 bits per heavy atom. The molecule has 0 aliphatic heterocycles. The first-order valence-electron chi connectivity index (χ1n) is 7.53. The minimum absolute atomic E-state index is 0.474. The van der Waals surface area contributed by atoms with Gasteiger partial charge in [0.15, 0.2) is 0 Å². The van der Waals surface area contributed by atoms with E-state index in [0.29, 0.717) is 5.69 Å². The molecule has 0 saturated carbocycles. The van der Waals surface area contributed by atoms with E-state index in [2.05, 4.69) is 42.7 Å². The van der Waals surface area contributed by atoms with E-state index in [1.807, 2.05) is 18.2 Å². The normalized spacial score (nSPS) is 11.3. The first kappa shape index (κ1) is 15.8. The van der Waals surface area contributed by atoms with E-state index in [1.54, 1.807) is 17.4 Å². The van der Waals surface area contributed by atoms with Gasteiger partial charge in [0.05, 0.1) is 5.69 Å². The molecule has 0 saturated heterocycles. The van der Waals surface area contributed by atoms with Gasteiger partial charge < -0.3 is 4.90 Å². The molecule has 3 rings (SSSR count). The molecular formula is C19H19FN2S. The zero-order valence-corrected chi connectivity index (χ0v) is 14.2. The van der Waals surface area contributed by atoms with Crippen LogP contribution in [0.3, 0.4) is 0 Å². The molecule has 2 heterocycles. The summed E-state index contributed by atoms with van der Waals surface area (Å²) < 4.78 is 14.7. The molecule has 0 spiro atoms. The number of hydrogen-bond acceptors (Lipinski definition) is 3. The average Bonchev–Trinajstić information content (AvgIpc) is 2.90. The first-order chi connectivity index (χ1) is 11.1. The number of aromatic nitrogens is 1. The molecular weight excluding hydrogens is 307 g/mol. The quantitative estimate of drug-likeness (QED) is 0.637. The SMILES string of the molecule is C=C(c1cccc(F)n1)c1c(CCN(C)C)sc2ccccc12. The van der Waals surface area contributed by atoms with Crippen LogP contribution in [0.4, 0.5) is 4.39 Å². The molecule has 0 unspecified atom stereocenters. The third-order valence-corrected chi connectivity index (χ3v) is 5.01. The number of hydrogen-bond donors (Lipinski definition) is 0. The summed E-state index contributed by atoms with van der Waals surface area (Å²) in [5.41, 5.74) is 2.49. The minimum atomic E-state index is -0.474. The molecule has 0 aliphatic carbocycles. The van der Waals surface area contributed by atoms with Gasteiger partial charge in [-0.3, -0.25) is 0 Å². The molecule has 0 aliphatic rings. The second kappa shape index (κ2) is 6.60. The Bertz CT molecular complexity index is 851. The van der Waals surface area contributed by atoms with Crippen molar-refractivity contribution in [3.05, 3.63) is 71.1 Å². The number of halogens is 1. The minimum Gasteiger partial charge on any atom is -0.309 e. The zero-order chi connectivity index (χ0) is 16.4. The van der Waals surface area contributed by atoms with Gasteiger partial charge in [-0.05, 0) is 38.7 Å². The van der Waals surface area contributed by atoms with Crippen LogP contribution >= 0.6 is 11.3 Å². The lowest BCUT2D eigenvalue weighted by Crippen LogP contribution is -2.15. The molecule has 4 heteroatoms. The van der Waals surface area contributed by atoms with Gasteiger partial charge >= 0.3 is 0 Å².